The van der Waals surface area contributed by atoms with E-state index in [-0.39, 0.29) is 17.0 Å². The molecule has 0 aliphatic carbocycles. The number of rotatable bonds is 5. The Balaban J connectivity index is 2.17. The predicted octanol–water partition coefficient (Wildman–Crippen LogP) is 2.84. The van der Waals surface area contributed by atoms with Crippen molar-refractivity contribution in [3.8, 4) is 0 Å². The molecule has 10 heteroatoms. The lowest BCUT2D eigenvalue weighted by molar-refractivity contribution is 0.0696. The molecule has 21 heavy (non-hydrogen) atoms. The topological polar surface area (TPSA) is 96.4 Å². The van der Waals surface area contributed by atoms with Crippen molar-refractivity contribution >= 4 is 59.2 Å². The Bertz CT molecular complexity index is 789. The fourth-order valence-corrected chi connectivity index (χ4v) is 6.27. The maximum absolute atomic E-state index is 12.2. The number of aromatic nitrogens is 1. The fourth-order valence-electron chi connectivity index (χ4n) is 1.46. The minimum Gasteiger partial charge on any atom is -0.478 e. The number of nitrogens with zero attached hydrogens (tertiary/aromatic N) is 1. The summed E-state index contributed by atoms with van der Waals surface area (Å²) < 4.78 is 27.9. The first kappa shape index (κ1) is 16.6. The Morgan fingerprint density at radius 3 is 2.67 bits per heavy atom. The Kier molecular flexibility index (Phi) is 5.15. The van der Waals surface area contributed by atoms with Gasteiger partial charge in [-0.15, -0.1) is 11.3 Å². The molecule has 2 N–H and O–H groups in total. The van der Waals surface area contributed by atoms with Gasteiger partial charge in [0.1, 0.15) is 4.90 Å². The summed E-state index contributed by atoms with van der Waals surface area (Å²) in [5.74, 6) is -1.09. The first-order valence-corrected chi connectivity index (χ1v) is 9.31. The lowest BCUT2D eigenvalue weighted by Crippen LogP contribution is -2.23. The van der Waals surface area contributed by atoms with E-state index in [0.717, 1.165) is 0 Å². The summed E-state index contributed by atoms with van der Waals surface area (Å²) >= 11 is 7.65. The minimum atomic E-state index is -3.71. The smallest absolute Gasteiger partial charge is 0.335 e. The summed E-state index contributed by atoms with van der Waals surface area (Å²) in [6.45, 7) is -0.0939. The SMILES string of the molecule is O=C(O)c1ccnc(CNS(=O)(=O)c2cc(Br)sc2Br)c1. The first-order valence-electron chi connectivity index (χ1n) is 5.42. The van der Waals surface area contributed by atoms with E-state index in [1.54, 1.807) is 0 Å². The second-order valence-corrected chi connectivity index (χ2v) is 9.34. The Labute approximate surface area is 141 Å². The number of halogens is 2. The number of sulfonamides is 1. The standard InChI is InChI=1S/C11H8Br2N2O4S2/c12-9-4-8(10(13)20-9)21(18,19)15-5-7-3-6(11(16)17)1-2-14-7/h1-4,15H,5H2,(H,16,17). The van der Waals surface area contributed by atoms with Crippen LogP contribution in [0.2, 0.25) is 0 Å². The van der Waals surface area contributed by atoms with Gasteiger partial charge < -0.3 is 5.11 Å². The third-order valence-corrected chi connectivity index (χ3v) is 6.58. The fraction of sp³-hybridized carbons (Fsp3) is 0.0909. The average molecular weight is 456 g/mol. The molecule has 2 rings (SSSR count). The molecule has 2 aromatic rings. The Morgan fingerprint density at radius 1 is 1.38 bits per heavy atom. The number of carboxylic acids is 1. The largest absolute Gasteiger partial charge is 0.478 e. The van der Waals surface area contributed by atoms with Crippen LogP contribution in [0, 0.1) is 0 Å². The van der Waals surface area contributed by atoms with Crippen LogP contribution >= 0.6 is 43.2 Å². The Hall–Kier alpha value is -0.810. The number of hydrogen-bond donors (Lipinski definition) is 2. The summed E-state index contributed by atoms with van der Waals surface area (Å²) in [5.41, 5.74) is 0.377. The molecule has 2 heterocycles. The van der Waals surface area contributed by atoms with Crippen molar-refractivity contribution in [2.24, 2.45) is 0 Å². The lowest BCUT2D eigenvalue weighted by atomic mass is 10.2. The maximum atomic E-state index is 12.2. The number of aromatic carboxylic acids is 1. The molecule has 0 bridgehead atoms. The van der Waals surface area contributed by atoms with Gasteiger partial charge in [0.25, 0.3) is 0 Å². The second-order valence-electron chi connectivity index (χ2n) is 3.85. The molecule has 0 atom stereocenters. The van der Waals surface area contributed by atoms with Gasteiger partial charge in [0.15, 0.2) is 0 Å². The van der Waals surface area contributed by atoms with Gasteiger partial charge in [0.2, 0.25) is 10.0 Å². The van der Waals surface area contributed by atoms with Gasteiger partial charge in [-0.2, -0.15) is 0 Å². The molecule has 0 unspecified atom stereocenters. The predicted molar refractivity (Wildman–Crippen MR) is 84.9 cm³/mol. The van der Waals surface area contributed by atoms with Gasteiger partial charge in [0.05, 0.1) is 25.4 Å². The highest BCUT2D eigenvalue weighted by atomic mass is 79.9. The highest BCUT2D eigenvalue weighted by Crippen LogP contribution is 2.34. The summed E-state index contributed by atoms with van der Waals surface area (Å²) in [7, 11) is -3.71. The number of hydrogen-bond acceptors (Lipinski definition) is 5. The highest BCUT2D eigenvalue weighted by molar-refractivity contribution is 9.12. The highest BCUT2D eigenvalue weighted by Gasteiger charge is 2.20. The second kappa shape index (κ2) is 6.53. The molecule has 0 fully saturated rings. The van der Waals surface area contributed by atoms with Crippen molar-refractivity contribution in [2.75, 3.05) is 0 Å². The molecule has 0 saturated carbocycles. The third-order valence-electron chi connectivity index (χ3n) is 2.42. The molecule has 0 saturated heterocycles. The molecule has 0 spiro atoms. The van der Waals surface area contributed by atoms with E-state index >= 15 is 0 Å². The van der Waals surface area contributed by atoms with Gasteiger partial charge in [-0.05, 0) is 50.1 Å². The van der Waals surface area contributed by atoms with E-state index < -0.39 is 16.0 Å². The number of pyridine rings is 1. The van der Waals surface area contributed by atoms with Crippen molar-refractivity contribution in [1.82, 2.24) is 9.71 Å². The van der Waals surface area contributed by atoms with Crippen LogP contribution in [-0.4, -0.2) is 24.5 Å². The molecular formula is C11H8Br2N2O4S2. The van der Waals surface area contributed by atoms with Crippen LogP contribution in [0.1, 0.15) is 16.1 Å². The van der Waals surface area contributed by atoms with Crippen LogP contribution in [0.15, 0.2) is 36.9 Å². The molecule has 0 aliphatic rings. The summed E-state index contributed by atoms with van der Waals surface area (Å²) in [4.78, 5) is 14.9. The average Bonchev–Trinajstić information content (AvgIpc) is 2.77. The van der Waals surface area contributed by atoms with Gasteiger partial charge in [-0.1, -0.05) is 0 Å². The van der Waals surface area contributed by atoms with Crippen LogP contribution in [0.25, 0.3) is 0 Å². The normalized spacial score (nSPS) is 11.5. The zero-order chi connectivity index (χ0) is 15.6. The van der Waals surface area contributed by atoms with E-state index in [4.69, 9.17) is 5.11 Å². The monoisotopic (exact) mass is 454 g/mol. The number of thiophene rings is 1. The number of nitrogens with one attached hydrogen (secondary N) is 1. The molecule has 0 amide bonds. The number of carboxylic acid groups (broad SMARTS) is 1. The zero-order valence-corrected chi connectivity index (χ0v) is 15.0. The van der Waals surface area contributed by atoms with Gasteiger partial charge in [-0.25, -0.2) is 17.9 Å². The van der Waals surface area contributed by atoms with Crippen molar-refractivity contribution < 1.29 is 18.3 Å². The summed E-state index contributed by atoms with van der Waals surface area (Å²) in [6, 6.07) is 4.15. The van der Waals surface area contributed by atoms with Crippen LogP contribution < -0.4 is 4.72 Å². The van der Waals surface area contributed by atoms with Crippen LogP contribution in [-0.2, 0) is 16.6 Å². The van der Waals surface area contributed by atoms with Crippen molar-refractivity contribution in [3.05, 3.63) is 43.2 Å². The van der Waals surface area contributed by atoms with Gasteiger partial charge >= 0.3 is 5.97 Å². The summed E-state index contributed by atoms with van der Waals surface area (Å²) in [6.07, 6.45) is 1.32. The quantitative estimate of drug-likeness (QED) is 0.722. The molecule has 0 radical (unpaired) electrons. The van der Waals surface area contributed by atoms with E-state index in [9.17, 15) is 13.2 Å². The third kappa shape index (κ3) is 4.10. The minimum absolute atomic E-state index is 0.0543. The molecule has 2 aromatic heterocycles. The lowest BCUT2D eigenvalue weighted by Gasteiger charge is -2.06. The van der Waals surface area contributed by atoms with Gasteiger partial charge in [0, 0.05) is 6.20 Å². The Morgan fingerprint density at radius 2 is 2.10 bits per heavy atom. The van der Waals surface area contributed by atoms with Crippen molar-refractivity contribution in [2.45, 2.75) is 11.4 Å². The molecule has 6 nitrogen and oxygen atoms in total. The van der Waals surface area contributed by atoms with Crippen LogP contribution in [0.3, 0.4) is 0 Å². The maximum Gasteiger partial charge on any atom is 0.335 e. The molecular weight excluding hydrogens is 448 g/mol. The molecule has 0 aromatic carbocycles. The van der Waals surface area contributed by atoms with E-state index in [1.165, 1.54) is 35.7 Å². The zero-order valence-electron chi connectivity index (χ0n) is 10.2. The van der Waals surface area contributed by atoms with Crippen LogP contribution in [0.5, 0.6) is 0 Å². The first-order chi connectivity index (χ1) is 9.79. The van der Waals surface area contributed by atoms with Crippen molar-refractivity contribution in [1.29, 1.82) is 0 Å². The van der Waals surface area contributed by atoms with Crippen molar-refractivity contribution in [3.63, 3.8) is 0 Å². The van der Waals surface area contributed by atoms with Gasteiger partial charge in [-0.3, -0.25) is 4.98 Å². The number of carbonyl (C=O) groups is 1. The molecule has 112 valence electrons. The van der Waals surface area contributed by atoms with E-state index in [2.05, 4.69) is 41.6 Å². The summed E-state index contributed by atoms with van der Waals surface area (Å²) in [5, 5.41) is 8.88. The van der Waals surface area contributed by atoms with E-state index in [0.29, 0.717) is 13.3 Å². The molecule has 0 aliphatic heterocycles. The van der Waals surface area contributed by atoms with E-state index in [1.807, 2.05) is 0 Å². The van der Waals surface area contributed by atoms with Crippen LogP contribution in [0.4, 0.5) is 0 Å².